The van der Waals surface area contributed by atoms with Crippen molar-refractivity contribution in [2.45, 2.75) is 52.2 Å². The van der Waals surface area contributed by atoms with Crippen LogP contribution >= 0.6 is 0 Å². The van der Waals surface area contributed by atoms with Crippen molar-refractivity contribution in [3.05, 3.63) is 24.0 Å². The molecule has 0 bridgehead atoms. The lowest BCUT2D eigenvalue weighted by Crippen LogP contribution is -2.42. The van der Waals surface area contributed by atoms with Gasteiger partial charge in [-0.25, -0.2) is 0 Å². The molecule has 2 heterocycles. The first-order valence-corrected chi connectivity index (χ1v) is 7.00. The summed E-state index contributed by atoms with van der Waals surface area (Å²) in [4.78, 5) is 18.5. The van der Waals surface area contributed by atoms with Gasteiger partial charge in [0.15, 0.2) is 0 Å². The fraction of sp³-hybridized carbons (Fsp3) is 0.600. The van der Waals surface area contributed by atoms with Crippen LogP contribution in [-0.4, -0.2) is 34.5 Å². The summed E-state index contributed by atoms with van der Waals surface area (Å²) in [6, 6.07) is 2.10. The predicted molar refractivity (Wildman–Crippen MR) is 74.4 cm³/mol. The molecule has 0 unspecified atom stereocenters. The Hall–Kier alpha value is -1.58. The highest BCUT2D eigenvalue weighted by Gasteiger charge is 2.24. The zero-order valence-electron chi connectivity index (χ0n) is 11.9. The molecule has 0 radical (unpaired) electrons. The fourth-order valence-electron chi connectivity index (χ4n) is 2.44. The predicted octanol–water partition coefficient (Wildman–Crippen LogP) is 2.88. The standard InChI is InChI=1S/C15H22N2O2/c1-11(2)19-14-8-13(9-16-10-14)15(18)17-7-5-4-6-12(17)3/h8-12H,4-7H2,1-3H3/t12-/m0/s1. The zero-order valence-corrected chi connectivity index (χ0v) is 11.9. The third-order valence-corrected chi connectivity index (χ3v) is 3.40. The molecule has 0 spiro atoms. The Bertz CT molecular complexity index is 446. The monoisotopic (exact) mass is 262 g/mol. The van der Waals surface area contributed by atoms with Gasteiger partial charge in [-0.2, -0.15) is 0 Å². The molecule has 1 aliphatic heterocycles. The molecule has 104 valence electrons. The van der Waals surface area contributed by atoms with Crippen LogP contribution in [0.25, 0.3) is 0 Å². The van der Waals surface area contributed by atoms with Gasteiger partial charge in [0.05, 0.1) is 17.9 Å². The lowest BCUT2D eigenvalue weighted by Gasteiger charge is -2.33. The molecule has 1 aliphatic rings. The van der Waals surface area contributed by atoms with Crippen molar-refractivity contribution in [1.29, 1.82) is 0 Å². The van der Waals surface area contributed by atoms with Crippen molar-refractivity contribution in [1.82, 2.24) is 9.88 Å². The molecule has 1 aromatic rings. The van der Waals surface area contributed by atoms with Gasteiger partial charge in [-0.1, -0.05) is 0 Å². The number of aromatic nitrogens is 1. The molecule has 0 aromatic carbocycles. The number of hydrogen-bond acceptors (Lipinski definition) is 3. The topological polar surface area (TPSA) is 42.4 Å². The van der Waals surface area contributed by atoms with E-state index in [9.17, 15) is 4.79 Å². The van der Waals surface area contributed by atoms with E-state index in [0.717, 1.165) is 19.4 Å². The second-order valence-corrected chi connectivity index (χ2v) is 5.42. The van der Waals surface area contributed by atoms with Gasteiger partial charge in [-0.3, -0.25) is 9.78 Å². The minimum absolute atomic E-state index is 0.0638. The van der Waals surface area contributed by atoms with Crippen LogP contribution in [0.2, 0.25) is 0 Å². The molecule has 1 aromatic heterocycles. The number of hydrogen-bond donors (Lipinski definition) is 0. The number of amides is 1. The SMILES string of the molecule is CC(C)Oc1cncc(C(=O)N2CCCC[C@@H]2C)c1. The van der Waals surface area contributed by atoms with Crippen molar-refractivity contribution in [2.75, 3.05) is 6.54 Å². The lowest BCUT2D eigenvalue weighted by molar-refractivity contribution is 0.0634. The maximum Gasteiger partial charge on any atom is 0.255 e. The molecule has 0 N–H and O–H groups in total. The quantitative estimate of drug-likeness (QED) is 0.841. The highest BCUT2D eigenvalue weighted by Crippen LogP contribution is 2.21. The molecule has 4 nitrogen and oxygen atoms in total. The van der Waals surface area contributed by atoms with Crippen LogP contribution in [-0.2, 0) is 0 Å². The number of carbonyl (C=O) groups is 1. The van der Waals surface area contributed by atoms with Gasteiger partial charge in [-0.15, -0.1) is 0 Å². The molecule has 0 saturated carbocycles. The van der Waals surface area contributed by atoms with Crippen molar-refractivity contribution in [2.24, 2.45) is 0 Å². The number of nitrogens with zero attached hydrogens (tertiary/aromatic N) is 2. The summed E-state index contributed by atoms with van der Waals surface area (Å²) < 4.78 is 5.59. The summed E-state index contributed by atoms with van der Waals surface area (Å²) in [5.41, 5.74) is 0.618. The average molecular weight is 262 g/mol. The number of rotatable bonds is 3. The molecule has 1 atom stereocenters. The Labute approximate surface area is 114 Å². The van der Waals surface area contributed by atoms with Crippen LogP contribution in [0.3, 0.4) is 0 Å². The Morgan fingerprint density at radius 2 is 2.21 bits per heavy atom. The molecule has 4 heteroatoms. The minimum Gasteiger partial charge on any atom is -0.489 e. The first kappa shape index (κ1) is 13.8. The van der Waals surface area contributed by atoms with E-state index < -0.39 is 0 Å². The normalized spacial score (nSPS) is 19.6. The molecule has 1 saturated heterocycles. The second kappa shape index (κ2) is 6.04. The van der Waals surface area contributed by atoms with Crippen molar-refractivity contribution in [3.63, 3.8) is 0 Å². The van der Waals surface area contributed by atoms with Gasteiger partial charge in [0.2, 0.25) is 0 Å². The third kappa shape index (κ3) is 3.46. The fourth-order valence-corrected chi connectivity index (χ4v) is 2.44. The van der Waals surface area contributed by atoms with Crippen LogP contribution in [0, 0.1) is 0 Å². The molecule has 1 fully saturated rings. The van der Waals surface area contributed by atoms with Gasteiger partial charge in [-0.05, 0) is 46.1 Å². The maximum atomic E-state index is 12.5. The van der Waals surface area contributed by atoms with Crippen LogP contribution in [0.15, 0.2) is 18.5 Å². The number of carbonyl (C=O) groups excluding carboxylic acids is 1. The highest BCUT2D eigenvalue weighted by atomic mass is 16.5. The summed E-state index contributed by atoms with van der Waals surface area (Å²) in [7, 11) is 0. The van der Waals surface area contributed by atoms with E-state index in [2.05, 4.69) is 11.9 Å². The highest BCUT2D eigenvalue weighted by molar-refractivity contribution is 5.94. The summed E-state index contributed by atoms with van der Waals surface area (Å²) in [6.07, 6.45) is 6.74. The Morgan fingerprint density at radius 1 is 1.42 bits per heavy atom. The van der Waals surface area contributed by atoms with E-state index >= 15 is 0 Å². The Morgan fingerprint density at radius 3 is 2.89 bits per heavy atom. The third-order valence-electron chi connectivity index (χ3n) is 3.40. The molecule has 1 amide bonds. The van der Waals surface area contributed by atoms with E-state index in [4.69, 9.17) is 4.74 Å². The van der Waals surface area contributed by atoms with Crippen LogP contribution in [0.4, 0.5) is 0 Å². The maximum absolute atomic E-state index is 12.5. The van der Waals surface area contributed by atoms with Gasteiger partial charge < -0.3 is 9.64 Å². The smallest absolute Gasteiger partial charge is 0.255 e. The Kier molecular flexibility index (Phi) is 4.40. The molecular weight excluding hydrogens is 240 g/mol. The van der Waals surface area contributed by atoms with Gasteiger partial charge in [0.1, 0.15) is 5.75 Å². The molecular formula is C15H22N2O2. The van der Waals surface area contributed by atoms with Gasteiger partial charge in [0.25, 0.3) is 5.91 Å². The zero-order chi connectivity index (χ0) is 13.8. The van der Waals surface area contributed by atoms with Crippen LogP contribution in [0.5, 0.6) is 5.75 Å². The van der Waals surface area contributed by atoms with E-state index in [1.165, 1.54) is 6.42 Å². The Balaban J connectivity index is 2.14. The number of likely N-dealkylation sites (tertiary alicyclic amines) is 1. The van der Waals surface area contributed by atoms with E-state index in [1.54, 1.807) is 18.5 Å². The van der Waals surface area contributed by atoms with E-state index in [1.807, 2.05) is 18.7 Å². The summed E-state index contributed by atoms with van der Waals surface area (Å²) in [5, 5.41) is 0. The van der Waals surface area contributed by atoms with Gasteiger partial charge in [0, 0.05) is 18.8 Å². The second-order valence-electron chi connectivity index (χ2n) is 5.42. The van der Waals surface area contributed by atoms with Crippen molar-refractivity contribution >= 4 is 5.91 Å². The molecule has 2 rings (SSSR count). The minimum atomic E-state index is 0.0638. The number of piperidine rings is 1. The summed E-state index contributed by atoms with van der Waals surface area (Å²) in [6.45, 7) is 6.87. The summed E-state index contributed by atoms with van der Waals surface area (Å²) in [5.74, 6) is 0.722. The van der Waals surface area contributed by atoms with E-state index in [0.29, 0.717) is 17.4 Å². The van der Waals surface area contributed by atoms with Crippen LogP contribution < -0.4 is 4.74 Å². The lowest BCUT2D eigenvalue weighted by atomic mass is 10.0. The molecule has 19 heavy (non-hydrogen) atoms. The van der Waals surface area contributed by atoms with Crippen molar-refractivity contribution < 1.29 is 9.53 Å². The van der Waals surface area contributed by atoms with Crippen molar-refractivity contribution in [3.8, 4) is 5.75 Å². The molecule has 0 aliphatic carbocycles. The first-order chi connectivity index (χ1) is 9.08. The largest absolute Gasteiger partial charge is 0.489 e. The first-order valence-electron chi connectivity index (χ1n) is 7.00. The van der Waals surface area contributed by atoms with Gasteiger partial charge >= 0.3 is 0 Å². The number of ether oxygens (including phenoxy) is 1. The summed E-state index contributed by atoms with van der Waals surface area (Å²) >= 11 is 0. The van der Waals surface area contributed by atoms with Crippen LogP contribution in [0.1, 0.15) is 50.4 Å². The van der Waals surface area contributed by atoms with E-state index in [-0.39, 0.29) is 12.0 Å². The average Bonchev–Trinajstić information content (AvgIpc) is 2.38. The number of pyridine rings is 1.